The van der Waals surface area contributed by atoms with E-state index in [9.17, 15) is 14.7 Å². The molecule has 1 N–H and O–H groups in total. The van der Waals surface area contributed by atoms with Crippen molar-refractivity contribution in [3.8, 4) is 0 Å². The summed E-state index contributed by atoms with van der Waals surface area (Å²) in [5, 5.41) is 9.83. The lowest BCUT2D eigenvalue weighted by molar-refractivity contribution is -0.163. The molecule has 0 bridgehead atoms. The average Bonchev–Trinajstić information content (AvgIpc) is 3.05. The molecule has 4 heteroatoms. The van der Waals surface area contributed by atoms with E-state index in [2.05, 4.69) is 13.5 Å². The summed E-state index contributed by atoms with van der Waals surface area (Å²) in [4.78, 5) is 24.6. The van der Waals surface area contributed by atoms with Gasteiger partial charge < -0.3 is 9.52 Å². The Morgan fingerprint density at radius 3 is 2.75 bits per heavy atom. The van der Waals surface area contributed by atoms with Gasteiger partial charge in [0, 0.05) is 6.42 Å². The van der Waals surface area contributed by atoms with Gasteiger partial charge in [-0.2, -0.15) is 0 Å². The van der Waals surface area contributed by atoms with Gasteiger partial charge in [0.05, 0.1) is 17.2 Å². The van der Waals surface area contributed by atoms with E-state index in [4.69, 9.17) is 4.42 Å². The molecule has 130 valence electrons. The first-order valence-corrected chi connectivity index (χ1v) is 8.75. The summed E-state index contributed by atoms with van der Waals surface area (Å²) in [7, 11) is 0. The second kappa shape index (κ2) is 5.91. The maximum atomic E-state index is 12.6. The number of allylic oxidation sites excluding steroid dienone is 1. The van der Waals surface area contributed by atoms with Gasteiger partial charge >= 0.3 is 5.97 Å². The Labute approximate surface area is 142 Å². The van der Waals surface area contributed by atoms with Gasteiger partial charge in [0.2, 0.25) is 0 Å². The zero-order chi connectivity index (χ0) is 17.5. The number of carbonyl (C=O) groups excluding carboxylic acids is 1. The fourth-order valence-corrected chi connectivity index (χ4v) is 5.31. The standard InChI is InChI=1S/C20H26O4/c1-13-5-6-17-19(2,8-4-9-20(17,3)18(22)23)15(13)11-16(21)14-7-10-24-12-14/h7,10,12,15,17H,1,4-6,8-9,11H2,2-3H3,(H,22,23). The Morgan fingerprint density at radius 1 is 1.38 bits per heavy atom. The summed E-state index contributed by atoms with van der Waals surface area (Å²) in [5.74, 6) is -0.522. The summed E-state index contributed by atoms with van der Waals surface area (Å²) < 4.78 is 5.03. The largest absolute Gasteiger partial charge is 0.481 e. The van der Waals surface area contributed by atoms with Gasteiger partial charge in [-0.05, 0) is 55.9 Å². The van der Waals surface area contributed by atoms with Crippen molar-refractivity contribution in [2.75, 3.05) is 0 Å². The Kier molecular flexibility index (Phi) is 4.18. The van der Waals surface area contributed by atoms with Crippen LogP contribution in [-0.2, 0) is 4.79 Å². The second-order valence-corrected chi connectivity index (χ2v) is 8.02. The smallest absolute Gasteiger partial charge is 0.309 e. The minimum atomic E-state index is -0.704. The highest BCUT2D eigenvalue weighted by Crippen LogP contribution is 2.61. The zero-order valence-corrected chi connectivity index (χ0v) is 14.5. The van der Waals surface area contributed by atoms with Gasteiger partial charge in [-0.25, -0.2) is 0 Å². The van der Waals surface area contributed by atoms with E-state index in [0.29, 0.717) is 12.0 Å². The van der Waals surface area contributed by atoms with Crippen LogP contribution in [0.1, 0.15) is 62.7 Å². The van der Waals surface area contributed by atoms with E-state index in [0.717, 1.165) is 37.7 Å². The lowest BCUT2D eigenvalue weighted by Crippen LogP contribution is -2.53. The first-order valence-electron chi connectivity index (χ1n) is 8.75. The molecule has 1 aromatic heterocycles. The number of hydrogen-bond donors (Lipinski definition) is 1. The van der Waals surface area contributed by atoms with E-state index in [1.807, 2.05) is 6.92 Å². The Balaban J connectivity index is 1.92. The van der Waals surface area contributed by atoms with Crippen molar-refractivity contribution in [2.45, 2.75) is 52.4 Å². The van der Waals surface area contributed by atoms with Crippen LogP contribution in [0.25, 0.3) is 0 Å². The molecule has 0 aromatic carbocycles. The monoisotopic (exact) mass is 330 g/mol. The van der Waals surface area contributed by atoms with E-state index in [1.54, 1.807) is 6.07 Å². The van der Waals surface area contributed by atoms with Crippen LogP contribution in [0.15, 0.2) is 35.2 Å². The van der Waals surface area contributed by atoms with Crippen molar-refractivity contribution in [1.82, 2.24) is 0 Å². The summed E-state index contributed by atoms with van der Waals surface area (Å²) >= 11 is 0. The third-order valence-corrected chi connectivity index (χ3v) is 6.74. The van der Waals surface area contributed by atoms with Crippen LogP contribution in [-0.4, -0.2) is 16.9 Å². The van der Waals surface area contributed by atoms with Crippen molar-refractivity contribution in [3.63, 3.8) is 0 Å². The van der Waals surface area contributed by atoms with E-state index in [1.165, 1.54) is 12.5 Å². The summed E-state index contributed by atoms with van der Waals surface area (Å²) in [6.07, 6.45) is 7.62. The average molecular weight is 330 g/mol. The number of aliphatic carboxylic acids is 1. The molecule has 4 unspecified atom stereocenters. The van der Waals surface area contributed by atoms with Crippen LogP contribution in [0.2, 0.25) is 0 Å². The number of carboxylic acids is 1. The van der Waals surface area contributed by atoms with Crippen molar-refractivity contribution in [2.24, 2.45) is 22.7 Å². The normalized spacial score (nSPS) is 36.2. The lowest BCUT2D eigenvalue weighted by atomic mass is 9.46. The van der Waals surface area contributed by atoms with Gasteiger partial charge in [-0.1, -0.05) is 25.5 Å². The predicted octanol–water partition coefficient (Wildman–Crippen LogP) is 4.72. The molecule has 4 atom stereocenters. The molecule has 3 rings (SSSR count). The molecule has 4 nitrogen and oxygen atoms in total. The highest BCUT2D eigenvalue weighted by molar-refractivity contribution is 5.96. The molecule has 0 radical (unpaired) electrons. The first kappa shape index (κ1) is 17.0. The summed E-state index contributed by atoms with van der Waals surface area (Å²) in [6, 6.07) is 1.69. The van der Waals surface area contributed by atoms with Crippen LogP contribution in [0.4, 0.5) is 0 Å². The molecule has 2 saturated carbocycles. The molecule has 2 aliphatic carbocycles. The Bertz CT molecular complexity index is 659. The number of furan rings is 1. The minimum Gasteiger partial charge on any atom is -0.481 e. The highest BCUT2D eigenvalue weighted by atomic mass is 16.4. The minimum absolute atomic E-state index is 0.0395. The van der Waals surface area contributed by atoms with E-state index < -0.39 is 11.4 Å². The number of carboxylic acid groups (broad SMARTS) is 1. The zero-order valence-electron chi connectivity index (χ0n) is 14.5. The number of rotatable bonds is 4. The summed E-state index contributed by atoms with van der Waals surface area (Å²) in [6.45, 7) is 8.30. The molecule has 2 fully saturated rings. The van der Waals surface area contributed by atoms with Gasteiger partial charge in [0.25, 0.3) is 0 Å². The topological polar surface area (TPSA) is 67.5 Å². The van der Waals surface area contributed by atoms with Crippen LogP contribution in [0.3, 0.4) is 0 Å². The second-order valence-electron chi connectivity index (χ2n) is 8.02. The number of hydrogen-bond acceptors (Lipinski definition) is 3. The quantitative estimate of drug-likeness (QED) is 0.641. The number of fused-ring (bicyclic) bond motifs is 1. The molecule has 0 amide bonds. The van der Waals surface area contributed by atoms with Gasteiger partial charge in [0.1, 0.15) is 6.26 Å². The molecular formula is C20H26O4. The molecule has 2 aliphatic rings. The molecule has 0 aliphatic heterocycles. The van der Waals surface area contributed by atoms with Crippen LogP contribution in [0, 0.1) is 22.7 Å². The van der Waals surface area contributed by atoms with Crippen molar-refractivity contribution in [1.29, 1.82) is 0 Å². The Morgan fingerprint density at radius 2 is 2.12 bits per heavy atom. The fraction of sp³-hybridized carbons (Fsp3) is 0.600. The number of Topliss-reactive ketones (excluding diaryl/α,β-unsaturated/α-hetero) is 1. The Hall–Kier alpha value is -1.84. The fourth-order valence-electron chi connectivity index (χ4n) is 5.31. The predicted molar refractivity (Wildman–Crippen MR) is 90.7 cm³/mol. The summed E-state index contributed by atoms with van der Waals surface area (Å²) in [5.41, 5.74) is 0.802. The van der Waals surface area contributed by atoms with Crippen LogP contribution in [0.5, 0.6) is 0 Å². The maximum Gasteiger partial charge on any atom is 0.309 e. The van der Waals surface area contributed by atoms with Crippen molar-refractivity contribution >= 4 is 11.8 Å². The SMILES string of the molecule is C=C1CCC2C(C)(C(=O)O)CCCC2(C)C1CC(=O)c1ccoc1. The molecular weight excluding hydrogens is 304 g/mol. The molecule has 1 heterocycles. The van der Waals surface area contributed by atoms with E-state index in [-0.39, 0.29) is 23.0 Å². The van der Waals surface area contributed by atoms with Crippen LogP contribution < -0.4 is 0 Å². The van der Waals surface area contributed by atoms with Gasteiger partial charge in [0.15, 0.2) is 5.78 Å². The number of ketones is 1. The maximum absolute atomic E-state index is 12.6. The highest BCUT2D eigenvalue weighted by Gasteiger charge is 2.57. The lowest BCUT2D eigenvalue weighted by Gasteiger charge is -2.57. The van der Waals surface area contributed by atoms with E-state index >= 15 is 0 Å². The van der Waals surface area contributed by atoms with Crippen molar-refractivity contribution < 1.29 is 19.1 Å². The molecule has 1 aromatic rings. The molecule has 0 spiro atoms. The van der Waals surface area contributed by atoms with Crippen LogP contribution >= 0.6 is 0 Å². The number of carbonyl (C=O) groups is 2. The third-order valence-electron chi connectivity index (χ3n) is 6.74. The molecule has 0 saturated heterocycles. The van der Waals surface area contributed by atoms with Crippen molar-refractivity contribution in [3.05, 3.63) is 36.3 Å². The van der Waals surface area contributed by atoms with Gasteiger partial charge in [-0.3, -0.25) is 9.59 Å². The van der Waals surface area contributed by atoms with Gasteiger partial charge in [-0.15, -0.1) is 0 Å². The first-order chi connectivity index (χ1) is 11.3. The molecule has 24 heavy (non-hydrogen) atoms. The third kappa shape index (κ3) is 2.52.